The third-order valence-electron chi connectivity index (χ3n) is 4.78. The van der Waals surface area contributed by atoms with Crippen molar-refractivity contribution in [2.24, 2.45) is 5.92 Å². The quantitative estimate of drug-likeness (QED) is 0.751. The van der Waals surface area contributed by atoms with E-state index in [2.05, 4.69) is 31.0 Å². The lowest BCUT2D eigenvalue weighted by Crippen LogP contribution is -2.49. The van der Waals surface area contributed by atoms with Crippen LogP contribution in [0.1, 0.15) is 58.1 Å². The van der Waals surface area contributed by atoms with Gasteiger partial charge in [0.05, 0.1) is 12.6 Å². The minimum atomic E-state index is -0.180. The van der Waals surface area contributed by atoms with Crippen LogP contribution in [0.4, 0.5) is 0 Å². The summed E-state index contributed by atoms with van der Waals surface area (Å²) in [5.41, 5.74) is 3.04. The highest BCUT2D eigenvalue weighted by Gasteiger charge is 2.36. The molecule has 26 heavy (non-hydrogen) atoms. The van der Waals surface area contributed by atoms with Gasteiger partial charge in [0.2, 0.25) is 0 Å². The molecular weight excluding hydrogens is 344 g/mol. The summed E-state index contributed by atoms with van der Waals surface area (Å²) in [4.78, 5) is 14.9. The Morgan fingerprint density at radius 2 is 2.15 bits per heavy atom. The first-order valence-corrected chi connectivity index (χ1v) is 9.99. The molecule has 1 aromatic carbocycles. The molecule has 0 saturated carbocycles. The largest absolute Gasteiger partial charge is 0.493 e. The zero-order valence-electron chi connectivity index (χ0n) is 15.9. The topological polar surface area (TPSA) is 41.6 Å². The summed E-state index contributed by atoms with van der Waals surface area (Å²) in [5, 5.41) is 4.13. The molecule has 1 N–H and O–H groups in total. The van der Waals surface area contributed by atoms with Gasteiger partial charge in [0.25, 0.3) is 0 Å². The van der Waals surface area contributed by atoms with E-state index in [-0.39, 0.29) is 11.8 Å². The molecular formula is C21H28N2O2S. The molecule has 1 unspecified atom stereocenters. The molecule has 0 fully saturated rings. The number of thiocarbonyl (C=S) groups is 1. The summed E-state index contributed by atoms with van der Waals surface area (Å²) in [6.45, 7) is 7.92. The van der Waals surface area contributed by atoms with Gasteiger partial charge in [-0.05, 0) is 55.1 Å². The summed E-state index contributed by atoms with van der Waals surface area (Å²) < 4.78 is 5.88. The van der Waals surface area contributed by atoms with Gasteiger partial charge in [-0.25, -0.2) is 0 Å². The van der Waals surface area contributed by atoms with Crippen molar-refractivity contribution in [3.8, 4) is 5.75 Å². The molecule has 1 aliphatic heterocycles. The van der Waals surface area contributed by atoms with Gasteiger partial charge in [-0.15, -0.1) is 0 Å². The van der Waals surface area contributed by atoms with Gasteiger partial charge >= 0.3 is 0 Å². The zero-order chi connectivity index (χ0) is 18.7. The van der Waals surface area contributed by atoms with Gasteiger partial charge in [0.1, 0.15) is 5.75 Å². The second kappa shape index (κ2) is 8.21. The smallest absolute Gasteiger partial charge is 0.173 e. The number of hydrogen-bond acceptors (Lipinski definition) is 3. The Labute approximate surface area is 161 Å². The molecule has 1 heterocycles. The average molecular weight is 373 g/mol. The van der Waals surface area contributed by atoms with Crippen LogP contribution in [0.2, 0.25) is 0 Å². The number of Topliss-reactive ketones (excluding diaryl/α,β-unsaturated/α-hetero) is 1. The molecule has 0 aromatic heterocycles. The summed E-state index contributed by atoms with van der Waals surface area (Å²) in [6.07, 6.45) is 3.44. The molecule has 140 valence electrons. The first-order chi connectivity index (χ1) is 12.5. The third-order valence-corrected chi connectivity index (χ3v) is 5.12. The number of carbonyl (C=O) groups is 1. The number of hydrogen-bond donors (Lipinski definition) is 1. The minimum absolute atomic E-state index is 0.180. The molecule has 0 amide bonds. The summed E-state index contributed by atoms with van der Waals surface area (Å²) in [7, 11) is 0. The maximum Gasteiger partial charge on any atom is 0.173 e. The van der Waals surface area contributed by atoms with Gasteiger partial charge in [0.15, 0.2) is 10.9 Å². The molecule has 0 spiro atoms. The molecule has 5 heteroatoms. The van der Waals surface area contributed by atoms with Crippen molar-refractivity contribution in [3.05, 3.63) is 41.1 Å². The highest BCUT2D eigenvalue weighted by atomic mass is 32.1. The average Bonchev–Trinajstić information content (AvgIpc) is 2.62. The molecule has 1 aromatic rings. The lowest BCUT2D eigenvalue weighted by Gasteiger charge is -2.41. The molecule has 3 rings (SSSR count). The van der Waals surface area contributed by atoms with Crippen LogP contribution in [0.15, 0.2) is 35.5 Å². The van der Waals surface area contributed by atoms with Crippen molar-refractivity contribution in [1.82, 2.24) is 10.2 Å². The van der Waals surface area contributed by atoms with Crippen LogP contribution >= 0.6 is 12.2 Å². The standard InChI is InChI=1S/C21H28N2O2S/c1-4-11-23-17-9-6-10-18(24)19(17)20(22-21(23)26)15-7-5-8-16(12-15)25-13-14(2)3/h5,7-8,12,14,20H,4,6,9-11,13H2,1-3H3,(H,22,26). The first-order valence-electron chi connectivity index (χ1n) is 9.58. The maximum absolute atomic E-state index is 12.8. The maximum atomic E-state index is 12.8. The van der Waals surface area contributed by atoms with Crippen molar-refractivity contribution in [2.75, 3.05) is 13.2 Å². The lowest BCUT2D eigenvalue weighted by atomic mass is 9.84. The van der Waals surface area contributed by atoms with E-state index in [1.54, 1.807) is 0 Å². The molecule has 1 aliphatic carbocycles. The Kier molecular flexibility index (Phi) is 5.97. The van der Waals surface area contributed by atoms with Crippen LogP contribution in [0, 0.1) is 5.92 Å². The van der Waals surface area contributed by atoms with Crippen LogP contribution < -0.4 is 10.1 Å². The number of nitrogens with one attached hydrogen (secondary N) is 1. The van der Waals surface area contributed by atoms with E-state index >= 15 is 0 Å². The van der Waals surface area contributed by atoms with Crippen molar-refractivity contribution in [2.45, 2.75) is 52.5 Å². The number of benzene rings is 1. The van der Waals surface area contributed by atoms with Crippen LogP contribution in [0.5, 0.6) is 5.75 Å². The van der Waals surface area contributed by atoms with E-state index in [4.69, 9.17) is 17.0 Å². The highest BCUT2D eigenvalue weighted by Crippen LogP contribution is 2.38. The Bertz CT molecular complexity index is 726. The molecule has 2 aliphatic rings. The van der Waals surface area contributed by atoms with Crippen LogP contribution in [-0.4, -0.2) is 28.9 Å². The van der Waals surface area contributed by atoms with Crippen molar-refractivity contribution >= 4 is 23.1 Å². The normalized spacial score (nSPS) is 20.3. The molecule has 4 nitrogen and oxygen atoms in total. The zero-order valence-corrected chi connectivity index (χ0v) is 16.7. The Balaban J connectivity index is 1.96. The SMILES string of the molecule is CCCN1C(=S)NC(c2cccc(OCC(C)C)c2)C2=C1CCCC2=O. The number of rotatable bonds is 6. The van der Waals surface area contributed by atoms with E-state index in [1.807, 2.05) is 24.3 Å². The van der Waals surface area contributed by atoms with Crippen molar-refractivity contribution in [1.29, 1.82) is 0 Å². The third kappa shape index (κ3) is 3.93. The first kappa shape index (κ1) is 18.9. The van der Waals surface area contributed by atoms with E-state index in [0.717, 1.165) is 53.5 Å². The summed E-state index contributed by atoms with van der Waals surface area (Å²) >= 11 is 5.63. The number of ether oxygens (including phenoxy) is 1. The predicted octanol–water partition coefficient (Wildman–Crippen LogP) is 4.37. The van der Waals surface area contributed by atoms with Crippen molar-refractivity contribution in [3.63, 3.8) is 0 Å². The number of carbonyl (C=O) groups excluding carboxylic acids is 1. The minimum Gasteiger partial charge on any atom is -0.493 e. The Morgan fingerprint density at radius 3 is 2.88 bits per heavy atom. The van der Waals surface area contributed by atoms with Gasteiger partial charge in [-0.2, -0.15) is 0 Å². The summed E-state index contributed by atoms with van der Waals surface area (Å²) in [5.74, 6) is 1.54. The second-order valence-electron chi connectivity index (χ2n) is 7.45. The van der Waals surface area contributed by atoms with Gasteiger partial charge in [0, 0.05) is 24.2 Å². The van der Waals surface area contributed by atoms with Gasteiger partial charge in [-0.3, -0.25) is 4.79 Å². The molecule has 1 atom stereocenters. The predicted molar refractivity (Wildman–Crippen MR) is 108 cm³/mol. The molecule has 0 radical (unpaired) electrons. The summed E-state index contributed by atoms with van der Waals surface area (Å²) in [6, 6.07) is 7.85. The van der Waals surface area contributed by atoms with E-state index in [0.29, 0.717) is 18.9 Å². The van der Waals surface area contributed by atoms with E-state index in [1.165, 1.54) is 0 Å². The van der Waals surface area contributed by atoms with Crippen LogP contribution in [0.3, 0.4) is 0 Å². The fourth-order valence-electron chi connectivity index (χ4n) is 3.61. The van der Waals surface area contributed by atoms with Crippen molar-refractivity contribution < 1.29 is 9.53 Å². The Morgan fingerprint density at radius 1 is 1.35 bits per heavy atom. The van der Waals surface area contributed by atoms with Gasteiger partial charge in [-0.1, -0.05) is 32.9 Å². The highest BCUT2D eigenvalue weighted by molar-refractivity contribution is 7.80. The van der Waals surface area contributed by atoms with E-state index < -0.39 is 0 Å². The number of ketones is 1. The fourth-order valence-corrected chi connectivity index (χ4v) is 3.93. The molecule has 0 bridgehead atoms. The van der Waals surface area contributed by atoms with Gasteiger partial charge < -0.3 is 15.0 Å². The lowest BCUT2D eigenvalue weighted by molar-refractivity contribution is -0.116. The second-order valence-corrected chi connectivity index (χ2v) is 7.84. The fraction of sp³-hybridized carbons (Fsp3) is 0.524. The monoisotopic (exact) mass is 372 g/mol. The van der Waals surface area contributed by atoms with E-state index in [9.17, 15) is 4.79 Å². The number of allylic oxidation sites excluding steroid dienone is 1. The molecule has 0 saturated heterocycles. The Hall–Kier alpha value is -1.88. The number of nitrogens with zero attached hydrogens (tertiary/aromatic N) is 1. The van der Waals surface area contributed by atoms with Crippen LogP contribution in [0.25, 0.3) is 0 Å². The van der Waals surface area contributed by atoms with Crippen LogP contribution in [-0.2, 0) is 4.79 Å².